The molecule has 0 saturated carbocycles. The average molecular weight is 327 g/mol. The van der Waals surface area contributed by atoms with Crippen molar-refractivity contribution >= 4 is 23.2 Å². The standard InChI is InChI=1S/C16H13Cl2FO2/c1-9-6-11(12(17)8-13(9)19)16(18)10-2-3-14-15(7-10)21-5-4-20-14/h2-3,6-8,16H,4-5H2,1H3. The van der Waals surface area contributed by atoms with Gasteiger partial charge in [0.15, 0.2) is 11.5 Å². The van der Waals surface area contributed by atoms with Crippen molar-refractivity contribution in [2.24, 2.45) is 0 Å². The van der Waals surface area contributed by atoms with Gasteiger partial charge in [0.2, 0.25) is 0 Å². The van der Waals surface area contributed by atoms with Crippen LogP contribution in [0.3, 0.4) is 0 Å². The molecule has 1 unspecified atom stereocenters. The number of ether oxygens (including phenoxy) is 2. The summed E-state index contributed by atoms with van der Waals surface area (Å²) in [5.74, 6) is 1.03. The van der Waals surface area contributed by atoms with Gasteiger partial charge in [-0.2, -0.15) is 0 Å². The zero-order chi connectivity index (χ0) is 15.0. The molecule has 0 bridgehead atoms. The normalized spacial score (nSPS) is 14.9. The molecule has 2 aromatic carbocycles. The molecule has 1 aliphatic rings. The summed E-state index contributed by atoms with van der Waals surface area (Å²) in [5.41, 5.74) is 2.01. The fourth-order valence-corrected chi connectivity index (χ4v) is 2.90. The van der Waals surface area contributed by atoms with Gasteiger partial charge < -0.3 is 9.47 Å². The van der Waals surface area contributed by atoms with Crippen molar-refractivity contribution in [3.8, 4) is 11.5 Å². The lowest BCUT2D eigenvalue weighted by atomic mass is 10.0. The second kappa shape index (κ2) is 5.74. The lowest BCUT2D eigenvalue weighted by Crippen LogP contribution is -2.15. The maximum atomic E-state index is 13.5. The first-order chi connectivity index (χ1) is 10.1. The summed E-state index contributed by atoms with van der Waals surface area (Å²) in [4.78, 5) is 0. The number of alkyl halides is 1. The van der Waals surface area contributed by atoms with E-state index in [9.17, 15) is 4.39 Å². The molecule has 110 valence electrons. The molecule has 0 spiro atoms. The van der Waals surface area contributed by atoms with E-state index in [0.29, 0.717) is 40.9 Å². The van der Waals surface area contributed by atoms with Crippen LogP contribution in [0.25, 0.3) is 0 Å². The molecule has 0 fully saturated rings. The van der Waals surface area contributed by atoms with E-state index >= 15 is 0 Å². The Balaban J connectivity index is 1.98. The lowest BCUT2D eigenvalue weighted by Gasteiger charge is -2.20. The highest BCUT2D eigenvalue weighted by Gasteiger charge is 2.19. The van der Waals surface area contributed by atoms with Gasteiger partial charge in [-0.05, 0) is 47.9 Å². The first kappa shape index (κ1) is 14.5. The third-order valence-electron chi connectivity index (χ3n) is 3.41. The van der Waals surface area contributed by atoms with E-state index in [1.54, 1.807) is 13.0 Å². The van der Waals surface area contributed by atoms with E-state index in [2.05, 4.69) is 0 Å². The number of hydrogen-bond acceptors (Lipinski definition) is 2. The van der Waals surface area contributed by atoms with Crippen molar-refractivity contribution in [1.29, 1.82) is 0 Å². The Morgan fingerprint density at radius 2 is 1.81 bits per heavy atom. The van der Waals surface area contributed by atoms with Gasteiger partial charge in [-0.25, -0.2) is 4.39 Å². The van der Waals surface area contributed by atoms with E-state index in [4.69, 9.17) is 32.7 Å². The van der Waals surface area contributed by atoms with Gasteiger partial charge in [-0.1, -0.05) is 17.7 Å². The molecule has 1 atom stereocenters. The van der Waals surface area contributed by atoms with Gasteiger partial charge in [0.1, 0.15) is 19.0 Å². The quantitative estimate of drug-likeness (QED) is 0.732. The number of aryl methyl sites for hydroxylation is 1. The highest BCUT2D eigenvalue weighted by molar-refractivity contribution is 6.33. The molecule has 2 aromatic rings. The number of rotatable bonds is 2. The number of benzene rings is 2. The largest absolute Gasteiger partial charge is 0.486 e. The van der Waals surface area contributed by atoms with E-state index in [0.717, 1.165) is 5.56 Å². The topological polar surface area (TPSA) is 18.5 Å². The molecule has 2 nitrogen and oxygen atoms in total. The van der Waals surface area contributed by atoms with Crippen LogP contribution < -0.4 is 9.47 Å². The minimum absolute atomic E-state index is 0.313. The Hall–Kier alpha value is -1.45. The van der Waals surface area contributed by atoms with E-state index in [1.807, 2.05) is 18.2 Å². The maximum Gasteiger partial charge on any atom is 0.161 e. The van der Waals surface area contributed by atoms with Crippen LogP contribution in [0.5, 0.6) is 11.5 Å². The molecule has 0 saturated heterocycles. The molecular formula is C16H13Cl2FO2. The van der Waals surface area contributed by atoms with Crippen molar-refractivity contribution in [2.75, 3.05) is 13.2 Å². The summed E-state index contributed by atoms with van der Waals surface area (Å²) < 4.78 is 24.5. The molecule has 3 rings (SSSR count). The summed E-state index contributed by atoms with van der Waals surface area (Å²) in [6.07, 6.45) is 0. The fourth-order valence-electron chi connectivity index (χ4n) is 2.27. The summed E-state index contributed by atoms with van der Waals surface area (Å²) in [6, 6.07) is 8.48. The molecule has 1 heterocycles. The van der Waals surface area contributed by atoms with Gasteiger partial charge in [0.05, 0.1) is 5.38 Å². The van der Waals surface area contributed by atoms with Crippen LogP contribution in [-0.4, -0.2) is 13.2 Å². The molecule has 21 heavy (non-hydrogen) atoms. The summed E-state index contributed by atoms with van der Waals surface area (Å²) >= 11 is 12.6. The predicted octanol–water partition coefficient (Wildman–Crippen LogP) is 4.89. The van der Waals surface area contributed by atoms with Crippen LogP contribution in [0.2, 0.25) is 5.02 Å². The third-order valence-corrected chi connectivity index (χ3v) is 4.22. The zero-order valence-corrected chi connectivity index (χ0v) is 12.8. The highest BCUT2D eigenvalue weighted by Crippen LogP contribution is 2.39. The van der Waals surface area contributed by atoms with Gasteiger partial charge in [0, 0.05) is 5.02 Å². The Kier molecular flexibility index (Phi) is 3.96. The second-order valence-corrected chi connectivity index (χ2v) is 5.73. The van der Waals surface area contributed by atoms with Crippen LogP contribution in [-0.2, 0) is 0 Å². The number of halogens is 3. The monoisotopic (exact) mass is 326 g/mol. The van der Waals surface area contributed by atoms with E-state index < -0.39 is 5.38 Å². The van der Waals surface area contributed by atoms with Crippen LogP contribution in [0.4, 0.5) is 4.39 Å². The van der Waals surface area contributed by atoms with E-state index in [1.165, 1.54) is 6.07 Å². The van der Waals surface area contributed by atoms with E-state index in [-0.39, 0.29) is 5.82 Å². The van der Waals surface area contributed by atoms with Gasteiger partial charge in [0.25, 0.3) is 0 Å². The molecular weight excluding hydrogens is 314 g/mol. The Bertz CT molecular complexity index is 688. The van der Waals surface area contributed by atoms with Crippen molar-refractivity contribution < 1.29 is 13.9 Å². The van der Waals surface area contributed by atoms with Gasteiger partial charge in [-0.3, -0.25) is 0 Å². The minimum atomic E-state index is -0.479. The first-order valence-electron chi connectivity index (χ1n) is 6.55. The zero-order valence-electron chi connectivity index (χ0n) is 11.3. The molecule has 1 aliphatic heterocycles. The molecule has 0 aliphatic carbocycles. The van der Waals surface area contributed by atoms with Crippen molar-refractivity contribution in [2.45, 2.75) is 12.3 Å². The number of hydrogen-bond donors (Lipinski definition) is 0. The van der Waals surface area contributed by atoms with Gasteiger partial charge in [-0.15, -0.1) is 11.6 Å². The Morgan fingerprint density at radius 1 is 1.10 bits per heavy atom. The maximum absolute atomic E-state index is 13.5. The van der Waals surface area contributed by atoms with Crippen molar-refractivity contribution in [3.05, 3.63) is 57.9 Å². The highest BCUT2D eigenvalue weighted by atomic mass is 35.5. The van der Waals surface area contributed by atoms with Gasteiger partial charge >= 0.3 is 0 Å². The SMILES string of the molecule is Cc1cc(C(Cl)c2ccc3c(c2)OCCO3)c(Cl)cc1F. The average Bonchev–Trinajstić information content (AvgIpc) is 2.50. The van der Waals surface area contributed by atoms with Crippen LogP contribution >= 0.6 is 23.2 Å². The lowest BCUT2D eigenvalue weighted by molar-refractivity contribution is 0.171. The fraction of sp³-hybridized carbons (Fsp3) is 0.250. The predicted molar refractivity (Wildman–Crippen MR) is 81.3 cm³/mol. The molecule has 0 aromatic heterocycles. The second-order valence-electron chi connectivity index (χ2n) is 4.89. The van der Waals surface area contributed by atoms with Crippen LogP contribution in [0.1, 0.15) is 22.1 Å². The Morgan fingerprint density at radius 3 is 2.57 bits per heavy atom. The van der Waals surface area contributed by atoms with Crippen LogP contribution in [0, 0.1) is 12.7 Å². The van der Waals surface area contributed by atoms with Crippen molar-refractivity contribution in [3.63, 3.8) is 0 Å². The smallest absolute Gasteiger partial charge is 0.161 e. The molecule has 0 N–H and O–H groups in total. The molecule has 0 radical (unpaired) electrons. The summed E-state index contributed by atoms with van der Waals surface area (Å²) in [7, 11) is 0. The summed E-state index contributed by atoms with van der Waals surface area (Å²) in [5, 5.41) is -0.166. The summed E-state index contributed by atoms with van der Waals surface area (Å²) in [6.45, 7) is 2.74. The Labute approximate surface area is 132 Å². The minimum Gasteiger partial charge on any atom is -0.486 e. The van der Waals surface area contributed by atoms with Crippen LogP contribution in [0.15, 0.2) is 30.3 Å². The first-order valence-corrected chi connectivity index (χ1v) is 7.37. The van der Waals surface area contributed by atoms with Crippen molar-refractivity contribution in [1.82, 2.24) is 0 Å². The molecule has 0 amide bonds. The number of fused-ring (bicyclic) bond motifs is 1. The molecule has 5 heteroatoms. The third kappa shape index (κ3) is 2.81.